The maximum Gasteiger partial charge on any atom is 0.326 e. The highest BCUT2D eigenvalue weighted by molar-refractivity contribution is 7.14. The smallest absolute Gasteiger partial charge is 0.326 e. The fourth-order valence-corrected chi connectivity index (χ4v) is 2.68. The zero-order valence-corrected chi connectivity index (χ0v) is 14.0. The van der Waals surface area contributed by atoms with E-state index in [0.717, 1.165) is 16.9 Å². The number of carbonyl (C=O) groups is 3. The van der Waals surface area contributed by atoms with Gasteiger partial charge in [-0.05, 0) is 25.0 Å². The van der Waals surface area contributed by atoms with Crippen LogP contribution in [-0.4, -0.2) is 33.9 Å². The zero-order valence-electron chi connectivity index (χ0n) is 13.2. The van der Waals surface area contributed by atoms with Crippen LogP contribution in [-0.2, 0) is 4.79 Å². The molecule has 0 saturated carbocycles. The first-order valence-corrected chi connectivity index (χ1v) is 8.16. The molecule has 0 radical (unpaired) electrons. The van der Waals surface area contributed by atoms with Crippen LogP contribution in [0, 0.1) is 6.92 Å². The molecule has 1 aromatic carbocycles. The van der Waals surface area contributed by atoms with E-state index in [1.165, 1.54) is 5.38 Å². The van der Waals surface area contributed by atoms with Crippen molar-refractivity contribution in [3.05, 3.63) is 46.5 Å². The molecule has 3 N–H and O–H groups in total. The third kappa shape index (κ3) is 4.17. The number of aliphatic carboxylic acids is 1. The minimum Gasteiger partial charge on any atom is -0.480 e. The summed E-state index contributed by atoms with van der Waals surface area (Å²) in [6, 6.07) is 6.16. The summed E-state index contributed by atoms with van der Waals surface area (Å²) in [6.07, 6.45) is 0.266. The van der Waals surface area contributed by atoms with Crippen molar-refractivity contribution in [2.24, 2.45) is 0 Å². The van der Waals surface area contributed by atoms with Crippen LogP contribution in [0.4, 0.5) is 5.13 Å². The third-order valence-electron chi connectivity index (χ3n) is 3.36. The van der Waals surface area contributed by atoms with Crippen molar-refractivity contribution in [3.63, 3.8) is 0 Å². The van der Waals surface area contributed by atoms with Gasteiger partial charge in [-0.15, -0.1) is 11.3 Å². The van der Waals surface area contributed by atoms with E-state index in [2.05, 4.69) is 15.6 Å². The average molecular weight is 347 g/mol. The van der Waals surface area contributed by atoms with Gasteiger partial charge in [0.1, 0.15) is 11.7 Å². The summed E-state index contributed by atoms with van der Waals surface area (Å²) < 4.78 is 0. The molecule has 1 unspecified atom stereocenters. The van der Waals surface area contributed by atoms with Gasteiger partial charge >= 0.3 is 5.97 Å². The lowest BCUT2D eigenvalue weighted by Gasteiger charge is -2.10. The Morgan fingerprint density at radius 2 is 1.96 bits per heavy atom. The van der Waals surface area contributed by atoms with Gasteiger partial charge in [0.2, 0.25) is 0 Å². The van der Waals surface area contributed by atoms with Crippen molar-refractivity contribution < 1.29 is 19.5 Å². The first-order chi connectivity index (χ1) is 11.4. The molecular weight excluding hydrogens is 330 g/mol. The Balaban J connectivity index is 2.05. The number of thiazole rings is 1. The summed E-state index contributed by atoms with van der Waals surface area (Å²) in [5.74, 6) is -2.00. The zero-order chi connectivity index (χ0) is 17.7. The number of aryl methyl sites for hydroxylation is 1. The van der Waals surface area contributed by atoms with Crippen LogP contribution in [0.15, 0.2) is 29.6 Å². The number of carboxylic acids is 1. The molecule has 0 bridgehead atoms. The summed E-state index contributed by atoms with van der Waals surface area (Å²) >= 11 is 1.10. The van der Waals surface area contributed by atoms with Gasteiger partial charge in [0.05, 0.1) is 0 Å². The van der Waals surface area contributed by atoms with E-state index in [0.29, 0.717) is 5.56 Å². The van der Waals surface area contributed by atoms with Gasteiger partial charge in [0, 0.05) is 10.9 Å². The molecule has 1 heterocycles. The molecule has 0 saturated heterocycles. The second-order valence-electron chi connectivity index (χ2n) is 5.08. The number of benzene rings is 1. The van der Waals surface area contributed by atoms with Gasteiger partial charge in [-0.2, -0.15) is 0 Å². The molecule has 0 fully saturated rings. The van der Waals surface area contributed by atoms with Crippen molar-refractivity contribution in [1.82, 2.24) is 10.3 Å². The van der Waals surface area contributed by atoms with Crippen molar-refractivity contribution in [2.75, 3.05) is 5.32 Å². The van der Waals surface area contributed by atoms with Crippen molar-refractivity contribution in [1.29, 1.82) is 0 Å². The van der Waals surface area contributed by atoms with E-state index in [1.807, 2.05) is 19.1 Å². The van der Waals surface area contributed by atoms with E-state index in [1.54, 1.807) is 19.1 Å². The largest absolute Gasteiger partial charge is 0.480 e. The van der Waals surface area contributed by atoms with Gasteiger partial charge in [-0.1, -0.05) is 25.1 Å². The van der Waals surface area contributed by atoms with E-state index in [9.17, 15) is 14.4 Å². The predicted octanol–water partition coefficient (Wildman–Crippen LogP) is 2.30. The SMILES string of the molecule is CCC(NC(=O)c1csc(NC(=O)c2ccccc2C)n1)C(=O)O. The number of carboxylic acid groups (broad SMARTS) is 1. The number of aromatic nitrogens is 1. The summed E-state index contributed by atoms with van der Waals surface area (Å²) in [5.41, 5.74) is 1.42. The number of hydrogen-bond acceptors (Lipinski definition) is 5. The molecule has 0 aliphatic rings. The fraction of sp³-hybridized carbons (Fsp3) is 0.250. The van der Waals surface area contributed by atoms with Crippen LogP contribution in [0.5, 0.6) is 0 Å². The maximum absolute atomic E-state index is 12.2. The van der Waals surface area contributed by atoms with Crippen LogP contribution in [0.1, 0.15) is 39.8 Å². The first-order valence-electron chi connectivity index (χ1n) is 7.28. The van der Waals surface area contributed by atoms with Gasteiger partial charge in [-0.25, -0.2) is 9.78 Å². The molecule has 0 aliphatic carbocycles. The molecule has 126 valence electrons. The molecule has 2 rings (SSSR count). The highest BCUT2D eigenvalue weighted by Gasteiger charge is 2.20. The molecule has 8 heteroatoms. The number of carbonyl (C=O) groups excluding carboxylic acids is 2. The minimum absolute atomic E-state index is 0.0692. The van der Waals surface area contributed by atoms with Crippen LogP contribution < -0.4 is 10.6 Å². The lowest BCUT2D eigenvalue weighted by atomic mass is 10.1. The van der Waals surface area contributed by atoms with E-state index in [4.69, 9.17) is 5.11 Å². The second-order valence-corrected chi connectivity index (χ2v) is 5.94. The molecule has 7 nitrogen and oxygen atoms in total. The molecule has 24 heavy (non-hydrogen) atoms. The first kappa shape index (κ1) is 17.6. The fourth-order valence-electron chi connectivity index (χ4n) is 2.00. The summed E-state index contributed by atoms with van der Waals surface area (Å²) in [7, 11) is 0. The number of nitrogens with one attached hydrogen (secondary N) is 2. The van der Waals surface area contributed by atoms with Gasteiger partial charge in [0.25, 0.3) is 11.8 Å². The van der Waals surface area contributed by atoms with Crippen LogP contribution >= 0.6 is 11.3 Å². The predicted molar refractivity (Wildman–Crippen MR) is 90.4 cm³/mol. The Labute approximate surface area is 142 Å². The molecule has 2 aromatic rings. The molecular formula is C16H17N3O4S. The van der Waals surface area contributed by atoms with E-state index >= 15 is 0 Å². The minimum atomic E-state index is -1.10. The van der Waals surface area contributed by atoms with E-state index < -0.39 is 17.9 Å². The molecule has 0 aliphatic heterocycles. The number of nitrogens with zero attached hydrogens (tertiary/aromatic N) is 1. The Bertz CT molecular complexity index is 772. The van der Waals surface area contributed by atoms with Crippen LogP contribution in [0.3, 0.4) is 0 Å². The normalized spacial score (nSPS) is 11.6. The van der Waals surface area contributed by atoms with Crippen LogP contribution in [0.25, 0.3) is 0 Å². The summed E-state index contributed by atoms with van der Waals surface area (Å²) in [5, 5.41) is 15.7. The van der Waals surface area contributed by atoms with Crippen molar-refractivity contribution >= 4 is 34.3 Å². The number of amides is 2. The quantitative estimate of drug-likeness (QED) is 0.743. The van der Waals surface area contributed by atoms with Gasteiger partial charge < -0.3 is 10.4 Å². The van der Waals surface area contributed by atoms with Crippen LogP contribution in [0.2, 0.25) is 0 Å². The number of anilines is 1. The Morgan fingerprint density at radius 1 is 1.25 bits per heavy atom. The molecule has 0 spiro atoms. The van der Waals surface area contributed by atoms with Gasteiger partial charge in [-0.3, -0.25) is 14.9 Å². The summed E-state index contributed by atoms with van der Waals surface area (Å²) in [4.78, 5) is 39.2. The number of hydrogen-bond donors (Lipinski definition) is 3. The Morgan fingerprint density at radius 3 is 2.58 bits per heavy atom. The number of rotatable bonds is 6. The lowest BCUT2D eigenvalue weighted by molar-refractivity contribution is -0.139. The topological polar surface area (TPSA) is 108 Å². The molecule has 1 atom stereocenters. The second kappa shape index (κ2) is 7.69. The molecule has 1 aromatic heterocycles. The highest BCUT2D eigenvalue weighted by Crippen LogP contribution is 2.17. The van der Waals surface area contributed by atoms with E-state index in [-0.39, 0.29) is 23.2 Å². The van der Waals surface area contributed by atoms with Crippen molar-refractivity contribution in [3.8, 4) is 0 Å². The third-order valence-corrected chi connectivity index (χ3v) is 4.12. The summed E-state index contributed by atoms with van der Waals surface area (Å²) in [6.45, 7) is 3.49. The monoisotopic (exact) mass is 347 g/mol. The maximum atomic E-state index is 12.2. The highest BCUT2D eigenvalue weighted by atomic mass is 32.1. The van der Waals surface area contributed by atoms with Gasteiger partial charge in [0.15, 0.2) is 5.13 Å². The Kier molecular flexibility index (Phi) is 5.64. The Hall–Kier alpha value is -2.74. The average Bonchev–Trinajstić information content (AvgIpc) is 3.01. The van der Waals surface area contributed by atoms with Crippen molar-refractivity contribution in [2.45, 2.75) is 26.3 Å². The molecule has 2 amide bonds. The standard InChI is InChI=1S/C16H17N3O4S/c1-3-11(15(22)23)17-14(21)12-8-24-16(18-12)19-13(20)10-7-5-4-6-9(10)2/h4-8,11H,3H2,1-2H3,(H,17,21)(H,22,23)(H,18,19,20). The lowest BCUT2D eigenvalue weighted by Crippen LogP contribution is -2.40.